The first-order chi connectivity index (χ1) is 13.6. The van der Waals surface area contributed by atoms with Gasteiger partial charge in [-0.3, -0.25) is 14.8 Å². The number of aliphatic hydroxyl groups excluding tert-OH is 1. The number of H-pyrrole nitrogens is 1. The maximum absolute atomic E-state index is 13.1. The molecule has 0 spiro atoms. The molecule has 3 aliphatic rings. The molecule has 1 aliphatic carbocycles. The van der Waals surface area contributed by atoms with Gasteiger partial charge in [0, 0.05) is 55.6 Å². The Bertz CT molecular complexity index is 680. The van der Waals surface area contributed by atoms with Crippen molar-refractivity contribution in [3.63, 3.8) is 0 Å². The van der Waals surface area contributed by atoms with Gasteiger partial charge in [0.1, 0.15) is 0 Å². The van der Waals surface area contributed by atoms with Crippen LogP contribution in [0.1, 0.15) is 61.3 Å². The Kier molecular flexibility index (Phi) is 6.04. The van der Waals surface area contributed by atoms with E-state index in [-0.39, 0.29) is 18.6 Å². The maximum Gasteiger partial charge on any atom is 0.274 e. The van der Waals surface area contributed by atoms with Crippen molar-refractivity contribution >= 4 is 5.91 Å². The number of aromatic amines is 1. The zero-order valence-electron chi connectivity index (χ0n) is 17.4. The summed E-state index contributed by atoms with van der Waals surface area (Å²) in [4.78, 5) is 20.2. The second-order valence-electron chi connectivity index (χ2n) is 8.90. The van der Waals surface area contributed by atoms with E-state index in [1.807, 2.05) is 4.90 Å². The number of nitrogens with zero attached hydrogens (tertiary/aromatic N) is 4. The smallest absolute Gasteiger partial charge is 0.274 e. The van der Waals surface area contributed by atoms with Gasteiger partial charge in [0.25, 0.3) is 5.91 Å². The summed E-state index contributed by atoms with van der Waals surface area (Å²) < 4.78 is 0. The van der Waals surface area contributed by atoms with Gasteiger partial charge in [0.2, 0.25) is 0 Å². The highest BCUT2D eigenvalue weighted by molar-refractivity contribution is 5.94. The van der Waals surface area contributed by atoms with Crippen LogP contribution in [0.2, 0.25) is 0 Å². The molecule has 4 rings (SSSR count). The number of piperazine rings is 1. The summed E-state index contributed by atoms with van der Waals surface area (Å²) in [6.45, 7) is 9.36. The third-order valence-electron chi connectivity index (χ3n) is 6.99. The van der Waals surface area contributed by atoms with Crippen molar-refractivity contribution < 1.29 is 9.90 Å². The number of hydrogen-bond donors (Lipinski definition) is 2. The number of carbonyl (C=O) groups is 1. The molecular weight excluding hydrogens is 354 g/mol. The van der Waals surface area contributed by atoms with Crippen molar-refractivity contribution in [2.45, 2.75) is 70.5 Å². The number of piperidine rings is 1. The zero-order valence-corrected chi connectivity index (χ0v) is 17.4. The summed E-state index contributed by atoms with van der Waals surface area (Å²) in [6.07, 6.45) is 6.17. The summed E-state index contributed by atoms with van der Waals surface area (Å²) >= 11 is 0. The number of aliphatic hydroxyl groups is 1. The van der Waals surface area contributed by atoms with E-state index >= 15 is 0 Å². The van der Waals surface area contributed by atoms with Crippen LogP contribution in [0.15, 0.2) is 0 Å². The van der Waals surface area contributed by atoms with Crippen LogP contribution >= 0.6 is 0 Å². The fourth-order valence-electron chi connectivity index (χ4n) is 5.32. The van der Waals surface area contributed by atoms with Gasteiger partial charge in [-0.1, -0.05) is 0 Å². The lowest BCUT2D eigenvalue weighted by Crippen LogP contribution is -2.60. The molecule has 1 amide bonds. The first-order valence-electron chi connectivity index (χ1n) is 11.0. The van der Waals surface area contributed by atoms with Crippen molar-refractivity contribution in [1.82, 2.24) is 24.9 Å². The minimum Gasteiger partial charge on any atom is -0.396 e. The second-order valence-corrected chi connectivity index (χ2v) is 8.90. The number of likely N-dealkylation sites (tertiary alicyclic amines) is 1. The molecule has 1 unspecified atom stereocenters. The summed E-state index contributed by atoms with van der Waals surface area (Å²) in [5, 5.41) is 17.0. The van der Waals surface area contributed by atoms with Crippen LogP contribution in [0, 0.1) is 0 Å². The molecule has 1 aromatic heterocycles. The summed E-state index contributed by atoms with van der Waals surface area (Å²) in [5.41, 5.74) is 2.91. The van der Waals surface area contributed by atoms with Gasteiger partial charge in [-0.2, -0.15) is 5.10 Å². The lowest BCUT2D eigenvalue weighted by molar-refractivity contribution is 0.00390. The first kappa shape index (κ1) is 19.9. The summed E-state index contributed by atoms with van der Waals surface area (Å²) in [7, 11) is 0. The van der Waals surface area contributed by atoms with Gasteiger partial charge in [0.05, 0.1) is 0 Å². The Hall–Kier alpha value is -1.44. The predicted molar refractivity (Wildman–Crippen MR) is 108 cm³/mol. The molecule has 0 radical (unpaired) electrons. The van der Waals surface area contributed by atoms with Gasteiger partial charge in [0.15, 0.2) is 5.69 Å². The number of aryl methyl sites for hydroxylation is 1. The molecule has 0 aromatic carbocycles. The van der Waals surface area contributed by atoms with Gasteiger partial charge < -0.3 is 14.9 Å². The summed E-state index contributed by atoms with van der Waals surface area (Å²) in [6, 6.07) is 1.42. The number of aromatic nitrogens is 2. The SMILES string of the molecule is CC(C)N1CCC(N2CCN(C(=O)c3n[nH]c4c3CCC4)CC2CCO)CC1. The molecule has 2 saturated heterocycles. The van der Waals surface area contributed by atoms with Crippen molar-refractivity contribution in [2.75, 3.05) is 39.3 Å². The first-order valence-corrected chi connectivity index (χ1v) is 11.0. The minimum atomic E-state index is 0.0663. The van der Waals surface area contributed by atoms with Crippen molar-refractivity contribution in [3.8, 4) is 0 Å². The van der Waals surface area contributed by atoms with E-state index in [4.69, 9.17) is 0 Å². The minimum absolute atomic E-state index is 0.0663. The monoisotopic (exact) mass is 389 g/mol. The standard InChI is InChI=1S/C21H35N5O2/c1-15(2)24-9-6-16(7-10-24)26-12-11-25(14-17(26)8-13-27)21(28)20-18-4-3-5-19(18)22-23-20/h15-17,27H,3-14H2,1-2H3,(H,22,23). The number of carbonyl (C=O) groups excluding carboxylic acids is 1. The van der Waals surface area contributed by atoms with Crippen molar-refractivity contribution in [3.05, 3.63) is 17.0 Å². The predicted octanol–water partition coefficient (Wildman–Crippen LogP) is 1.28. The number of rotatable bonds is 5. The Morgan fingerprint density at radius 3 is 2.71 bits per heavy atom. The molecule has 3 heterocycles. The van der Waals surface area contributed by atoms with E-state index < -0.39 is 0 Å². The topological polar surface area (TPSA) is 75.7 Å². The third-order valence-corrected chi connectivity index (χ3v) is 6.99. The third kappa shape index (κ3) is 3.84. The average molecular weight is 390 g/mol. The quantitative estimate of drug-likeness (QED) is 0.793. The van der Waals surface area contributed by atoms with Crippen LogP contribution in [0.4, 0.5) is 0 Å². The van der Waals surface area contributed by atoms with E-state index in [2.05, 4.69) is 33.8 Å². The lowest BCUT2D eigenvalue weighted by Gasteiger charge is -2.48. The van der Waals surface area contributed by atoms with Crippen LogP contribution in [0.25, 0.3) is 0 Å². The van der Waals surface area contributed by atoms with E-state index in [0.29, 0.717) is 24.3 Å². The Balaban J connectivity index is 1.41. The largest absolute Gasteiger partial charge is 0.396 e. The molecule has 2 fully saturated rings. The maximum atomic E-state index is 13.1. The van der Waals surface area contributed by atoms with Gasteiger partial charge in [-0.25, -0.2) is 0 Å². The molecule has 2 N–H and O–H groups in total. The van der Waals surface area contributed by atoms with Crippen LogP contribution < -0.4 is 0 Å². The molecular formula is C21H35N5O2. The fraction of sp³-hybridized carbons (Fsp3) is 0.810. The van der Waals surface area contributed by atoms with E-state index in [9.17, 15) is 9.90 Å². The number of fused-ring (bicyclic) bond motifs is 1. The normalized spacial score (nSPS) is 24.9. The molecule has 28 heavy (non-hydrogen) atoms. The van der Waals surface area contributed by atoms with E-state index in [1.165, 1.54) is 12.8 Å². The fourth-order valence-corrected chi connectivity index (χ4v) is 5.32. The zero-order chi connectivity index (χ0) is 19.7. The van der Waals surface area contributed by atoms with Gasteiger partial charge in [-0.05, 0) is 65.5 Å². The highest BCUT2D eigenvalue weighted by atomic mass is 16.3. The molecule has 1 aromatic rings. The van der Waals surface area contributed by atoms with Crippen LogP contribution in [0.3, 0.4) is 0 Å². The van der Waals surface area contributed by atoms with Gasteiger partial charge >= 0.3 is 0 Å². The average Bonchev–Trinajstić information content (AvgIpc) is 3.31. The molecule has 1 atom stereocenters. The van der Waals surface area contributed by atoms with Crippen molar-refractivity contribution in [2.24, 2.45) is 0 Å². The molecule has 2 aliphatic heterocycles. The number of hydrogen-bond acceptors (Lipinski definition) is 5. The van der Waals surface area contributed by atoms with Crippen LogP contribution in [0.5, 0.6) is 0 Å². The number of amides is 1. The highest BCUT2D eigenvalue weighted by Gasteiger charge is 2.36. The van der Waals surface area contributed by atoms with Gasteiger partial charge in [-0.15, -0.1) is 0 Å². The Morgan fingerprint density at radius 1 is 1.21 bits per heavy atom. The Labute approximate surface area is 168 Å². The second kappa shape index (κ2) is 8.51. The van der Waals surface area contributed by atoms with E-state index in [1.54, 1.807) is 0 Å². The molecule has 7 heteroatoms. The molecule has 0 bridgehead atoms. The molecule has 156 valence electrons. The Morgan fingerprint density at radius 2 is 2.00 bits per heavy atom. The van der Waals surface area contributed by atoms with Crippen LogP contribution in [-0.4, -0.2) is 93.4 Å². The highest BCUT2D eigenvalue weighted by Crippen LogP contribution is 2.27. The molecule has 7 nitrogen and oxygen atoms in total. The van der Waals surface area contributed by atoms with Crippen molar-refractivity contribution in [1.29, 1.82) is 0 Å². The summed E-state index contributed by atoms with van der Waals surface area (Å²) in [5.74, 6) is 0.0663. The molecule has 0 saturated carbocycles. The van der Waals surface area contributed by atoms with E-state index in [0.717, 1.165) is 63.1 Å². The van der Waals surface area contributed by atoms with Crippen LogP contribution in [-0.2, 0) is 12.8 Å². The number of nitrogens with one attached hydrogen (secondary N) is 1. The lowest BCUT2D eigenvalue weighted by atomic mass is 9.97.